The molecule has 4 nitrogen and oxygen atoms in total. The highest BCUT2D eigenvalue weighted by molar-refractivity contribution is 7.98. The van der Waals surface area contributed by atoms with E-state index in [2.05, 4.69) is 23.1 Å². The van der Waals surface area contributed by atoms with Gasteiger partial charge in [0.15, 0.2) is 5.82 Å². The predicted molar refractivity (Wildman–Crippen MR) is 66.4 cm³/mol. The molecule has 1 aromatic heterocycles. The number of thioether (sulfide) groups is 1. The summed E-state index contributed by atoms with van der Waals surface area (Å²) in [6.07, 6.45) is 4.91. The fourth-order valence-corrected chi connectivity index (χ4v) is 2.84. The average molecular weight is 251 g/mol. The molecule has 1 aromatic rings. The lowest BCUT2D eigenvalue weighted by Crippen LogP contribution is -1.97. The van der Waals surface area contributed by atoms with Crippen LogP contribution in [0.25, 0.3) is 0 Å². The van der Waals surface area contributed by atoms with Gasteiger partial charge in [0.1, 0.15) is 0 Å². The van der Waals surface area contributed by atoms with Crippen LogP contribution in [0.2, 0.25) is 0 Å². The normalized spacial score (nSPS) is 23.8. The van der Waals surface area contributed by atoms with Crippen molar-refractivity contribution in [3.8, 4) is 6.07 Å². The van der Waals surface area contributed by atoms with Gasteiger partial charge < -0.3 is 4.52 Å². The van der Waals surface area contributed by atoms with Gasteiger partial charge in [-0.15, -0.1) is 11.8 Å². The van der Waals surface area contributed by atoms with E-state index in [9.17, 15) is 0 Å². The van der Waals surface area contributed by atoms with E-state index < -0.39 is 0 Å². The molecule has 17 heavy (non-hydrogen) atoms. The van der Waals surface area contributed by atoms with Crippen LogP contribution >= 0.6 is 11.8 Å². The molecule has 0 aromatic carbocycles. The lowest BCUT2D eigenvalue weighted by atomic mass is 10.0. The van der Waals surface area contributed by atoms with Crippen molar-refractivity contribution in [2.75, 3.05) is 5.75 Å². The number of nitrogens with zero attached hydrogens (tertiary/aromatic N) is 3. The molecule has 5 heteroatoms. The number of hydrogen-bond donors (Lipinski definition) is 0. The fraction of sp³-hybridized carbons (Fsp3) is 0.750. The molecular weight excluding hydrogens is 234 g/mol. The SMILES string of the molecule is CCC1CCC(c2noc(CSCC#N)n2)C1. The predicted octanol–water partition coefficient (Wildman–Crippen LogP) is 3.12. The summed E-state index contributed by atoms with van der Waals surface area (Å²) < 4.78 is 5.20. The highest BCUT2D eigenvalue weighted by atomic mass is 32.2. The third-order valence-corrected chi connectivity index (χ3v) is 4.14. The Morgan fingerprint density at radius 2 is 2.41 bits per heavy atom. The number of aromatic nitrogens is 2. The quantitative estimate of drug-likeness (QED) is 0.752. The molecule has 0 spiro atoms. The fourth-order valence-electron chi connectivity index (χ4n) is 2.36. The zero-order chi connectivity index (χ0) is 12.1. The Bertz CT molecular complexity index is 399. The topological polar surface area (TPSA) is 62.7 Å². The maximum atomic E-state index is 8.44. The second-order valence-electron chi connectivity index (χ2n) is 4.48. The summed E-state index contributed by atoms with van der Waals surface area (Å²) in [5, 5.41) is 12.5. The first-order chi connectivity index (χ1) is 8.33. The summed E-state index contributed by atoms with van der Waals surface area (Å²) in [7, 11) is 0. The molecule has 0 saturated heterocycles. The standard InChI is InChI=1S/C12H17N3OS/c1-2-9-3-4-10(7-9)12-14-11(16-15-12)8-17-6-5-13/h9-10H,2-4,6-8H2,1H3. The Morgan fingerprint density at radius 3 is 3.12 bits per heavy atom. The van der Waals surface area contributed by atoms with E-state index in [1.165, 1.54) is 37.4 Å². The van der Waals surface area contributed by atoms with E-state index in [4.69, 9.17) is 9.78 Å². The first-order valence-electron chi connectivity index (χ1n) is 6.10. The van der Waals surface area contributed by atoms with Gasteiger partial charge in [0.2, 0.25) is 5.89 Å². The number of hydrogen-bond acceptors (Lipinski definition) is 5. The van der Waals surface area contributed by atoms with Gasteiger partial charge in [-0.3, -0.25) is 0 Å². The van der Waals surface area contributed by atoms with Gasteiger partial charge in [-0.1, -0.05) is 18.5 Å². The minimum atomic E-state index is 0.471. The molecule has 2 unspecified atom stereocenters. The summed E-state index contributed by atoms with van der Waals surface area (Å²) in [6, 6.07) is 2.09. The van der Waals surface area contributed by atoms with E-state index in [0.717, 1.165) is 11.7 Å². The van der Waals surface area contributed by atoms with Crippen molar-refractivity contribution < 1.29 is 4.52 Å². The van der Waals surface area contributed by atoms with Crippen molar-refractivity contribution >= 4 is 11.8 Å². The van der Waals surface area contributed by atoms with Gasteiger partial charge in [-0.05, 0) is 25.2 Å². The molecule has 0 radical (unpaired) electrons. The molecule has 1 heterocycles. The van der Waals surface area contributed by atoms with Crippen LogP contribution in [0.5, 0.6) is 0 Å². The van der Waals surface area contributed by atoms with Crippen molar-refractivity contribution in [1.29, 1.82) is 5.26 Å². The summed E-state index contributed by atoms with van der Waals surface area (Å²) in [6.45, 7) is 2.24. The monoisotopic (exact) mass is 251 g/mol. The highest BCUT2D eigenvalue weighted by Gasteiger charge is 2.28. The maximum absolute atomic E-state index is 8.44. The van der Waals surface area contributed by atoms with Gasteiger partial charge in [0, 0.05) is 5.92 Å². The third kappa shape index (κ3) is 3.22. The largest absolute Gasteiger partial charge is 0.338 e. The molecule has 2 rings (SSSR count). The summed E-state index contributed by atoms with van der Waals surface area (Å²) in [4.78, 5) is 4.42. The van der Waals surface area contributed by atoms with Gasteiger partial charge in [-0.25, -0.2) is 0 Å². The minimum Gasteiger partial charge on any atom is -0.338 e. The van der Waals surface area contributed by atoms with Crippen molar-refractivity contribution in [2.24, 2.45) is 5.92 Å². The molecule has 92 valence electrons. The van der Waals surface area contributed by atoms with Crippen LogP contribution in [0.15, 0.2) is 4.52 Å². The van der Waals surface area contributed by atoms with Crippen LogP contribution in [0.4, 0.5) is 0 Å². The molecule has 1 aliphatic rings. The van der Waals surface area contributed by atoms with E-state index in [0.29, 0.717) is 23.3 Å². The van der Waals surface area contributed by atoms with Crippen LogP contribution in [-0.2, 0) is 5.75 Å². The van der Waals surface area contributed by atoms with E-state index in [1.807, 2.05) is 0 Å². The molecule has 1 aliphatic carbocycles. The van der Waals surface area contributed by atoms with Crippen molar-refractivity contribution in [2.45, 2.75) is 44.3 Å². The first kappa shape index (κ1) is 12.4. The van der Waals surface area contributed by atoms with Crippen LogP contribution in [0.1, 0.15) is 50.2 Å². The molecule has 0 aliphatic heterocycles. The Labute approximate surface area is 106 Å². The zero-order valence-corrected chi connectivity index (χ0v) is 10.9. The summed E-state index contributed by atoms with van der Waals surface area (Å²) in [5.74, 6) is 3.95. The maximum Gasteiger partial charge on any atom is 0.236 e. The van der Waals surface area contributed by atoms with Gasteiger partial charge in [0.25, 0.3) is 0 Å². The molecule has 0 bridgehead atoms. The molecule has 1 fully saturated rings. The number of nitriles is 1. The van der Waals surface area contributed by atoms with Crippen LogP contribution in [-0.4, -0.2) is 15.9 Å². The molecule has 2 atom stereocenters. The first-order valence-corrected chi connectivity index (χ1v) is 7.26. The van der Waals surface area contributed by atoms with E-state index >= 15 is 0 Å². The Balaban J connectivity index is 1.88. The van der Waals surface area contributed by atoms with Crippen molar-refractivity contribution in [3.05, 3.63) is 11.7 Å². The van der Waals surface area contributed by atoms with Crippen molar-refractivity contribution in [3.63, 3.8) is 0 Å². The van der Waals surface area contributed by atoms with Gasteiger partial charge in [-0.2, -0.15) is 10.2 Å². The number of rotatable bonds is 5. The molecule has 1 saturated carbocycles. The third-order valence-electron chi connectivity index (χ3n) is 3.36. The smallest absolute Gasteiger partial charge is 0.236 e. The zero-order valence-electron chi connectivity index (χ0n) is 10.1. The second-order valence-corrected chi connectivity index (χ2v) is 5.47. The van der Waals surface area contributed by atoms with Gasteiger partial charge in [0.05, 0.1) is 17.6 Å². The molecular formula is C12H17N3OS. The lowest BCUT2D eigenvalue weighted by Gasteiger charge is -2.04. The molecule has 0 N–H and O–H groups in total. The Kier molecular flexibility index (Phi) is 4.43. The van der Waals surface area contributed by atoms with Crippen LogP contribution in [0, 0.1) is 17.2 Å². The van der Waals surface area contributed by atoms with Crippen molar-refractivity contribution in [1.82, 2.24) is 10.1 Å². The second kappa shape index (κ2) is 6.06. The van der Waals surface area contributed by atoms with Gasteiger partial charge >= 0.3 is 0 Å². The molecule has 0 amide bonds. The average Bonchev–Trinajstić information content (AvgIpc) is 2.97. The van der Waals surface area contributed by atoms with E-state index in [-0.39, 0.29) is 0 Å². The highest BCUT2D eigenvalue weighted by Crippen LogP contribution is 2.38. The summed E-state index contributed by atoms with van der Waals surface area (Å²) >= 11 is 1.51. The Hall–Kier alpha value is -1.02. The minimum absolute atomic E-state index is 0.471. The summed E-state index contributed by atoms with van der Waals surface area (Å²) in [5.41, 5.74) is 0. The van der Waals surface area contributed by atoms with Crippen LogP contribution in [0.3, 0.4) is 0 Å². The van der Waals surface area contributed by atoms with E-state index in [1.54, 1.807) is 0 Å². The lowest BCUT2D eigenvalue weighted by molar-refractivity contribution is 0.380. The Morgan fingerprint density at radius 1 is 1.53 bits per heavy atom. The van der Waals surface area contributed by atoms with Crippen LogP contribution < -0.4 is 0 Å².